The zero-order valence-corrected chi connectivity index (χ0v) is 15.4. The molecule has 2 amide bonds. The minimum atomic E-state index is -0.456. The lowest BCUT2D eigenvalue weighted by atomic mass is 9.90. The van der Waals surface area contributed by atoms with E-state index in [1.165, 1.54) is 0 Å². The highest BCUT2D eigenvalue weighted by Gasteiger charge is 2.33. The number of rotatable bonds is 3. The van der Waals surface area contributed by atoms with Crippen LogP contribution in [0, 0.1) is 0 Å². The Morgan fingerprint density at radius 2 is 2.15 bits per heavy atom. The number of carbonyl (C=O) groups is 2. The molecule has 0 bridgehead atoms. The molecule has 0 aliphatic carbocycles. The lowest BCUT2D eigenvalue weighted by molar-refractivity contribution is -0.117. The van der Waals surface area contributed by atoms with Crippen LogP contribution in [0.1, 0.15) is 45.7 Å². The van der Waals surface area contributed by atoms with E-state index in [9.17, 15) is 9.59 Å². The van der Waals surface area contributed by atoms with Gasteiger partial charge in [0, 0.05) is 36.6 Å². The molecule has 2 aromatic rings. The zero-order chi connectivity index (χ0) is 18.8. The first kappa shape index (κ1) is 18.0. The van der Waals surface area contributed by atoms with Crippen molar-refractivity contribution in [3.63, 3.8) is 0 Å². The molecule has 0 radical (unpaired) electrons. The first-order chi connectivity index (χ1) is 12.4. The van der Waals surface area contributed by atoms with Gasteiger partial charge in [-0.3, -0.25) is 4.79 Å². The Balaban J connectivity index is 2.00. The van der Waals surface area contributed by atoms with Crippen LogP contribution in [0.25, 0.3) is 11.4 Å². The molecular weight excluding hydrogens is 332 g/mol. The normalized spacial score (nSPS) is 19.2. The van der Waals surface area contributed by atoms with Gasteiger partial charge in [0.15, 0.2) is 0 Å². The van der Waals surface area contributed by atoms with E-state index in [1.54, 1.807) is 24.2 Å². The van der Waals surface area contributed by atoms with Gasteiger partial charge in [0.2, 0.25) is 5.91 Å². The van der Waals surface area contributed by atoms with E-state index in [2.05, 4.69) is 15.3 Å². The van der Waals surface area contributed by atoms with Gasteiger partial charge in [-0.25, -0.2) is 9.78 Å². The summed E-state index contributed by atoms with van der Waals surface area (Å²) in [5, 5.41) is 2.94. The summed E-state index contributed by atoms with van der Waals surface area (Å²) < 4.78 is 5.23. The molecule has 138 valence electrons. The quantitative estimate of drug-likeness (QED) is 0.882. The molecule has 0 saturated carbocycles. The van der Waals surface area contributed by atoms with Gasteiger partial charge < -0.3 is 19.9 Å². The number of ether oxygens (including phenoxy) is 1. The molecule has 7 nitrogen and oxygen atoms in total. The van der Waals surface area contributed by atoms with E-state index in [1.807, 2.05) is 39.0 Å². The van der Waals surface area contributed by atoms with Crippen LogP contribution in [0.2, 0.25) is 0 Å². The average molecular weight is 356 g/mol. The Hall–Kier alpha value is -2.83. The second-order valence-electron chi connectivity index (χ2n) is 6.84. The van der Waals surface area contributed by atoms with Crippen molar-refractivity contribution in [3.8, 4) is 11.4 Å². The van der Waals surface area contributed by atoms with Crippen LogP contribution in [0.4, 0.5) is 10.5 Å². The van der Waals surface area contributed by atoms with Gasteiger partial charge in [0.05, 0.1) is 12.1 Å². The molecule has 1 aliphatic heterocycles. The number of H-pyrrole nitrogens is 1. The van der Waals surface area contributed by atoms with Gasteiger partial charge in [-0.15, -0.1) is 0 Å². The lowest BCUT2D eigenvalue weighted by Gasteiger charge is -2.39. The number of imidazole rings is 1. The van der Waals surface area contributed by atoms with Gasteiger partial charge in [-0.1, -0.05) is 0 Å². The van der Waals surface area contributed by atoms with Crippen LogP contribution < -0.4 is 10.2 Å². The van der Waals surface area contributed by atoms with E-state index in [0.29, 0.717) is 6.42 Å². The Bertz CT molecular complexity index is 801. The molecule has 2 atom stereocenters. The molecule has 0 saturated heterocycles. The predicted octanol–water partition coefficient (Wildman–Crippen LogP) is 3.40. The zero-order valence-electron chi connectivity index (χ0n) is 15.4. The number of amides is 2. The number of alkyl carbamates (subject to hydrolysis) is 1. The van der Waals surface area contributed by atoms with Gasteiger partial charge in [0.25, 0.3) is 0 Å². The first-order valence-electron chi connectivity index (χ1n) is 8.77. The van der Waals surface area contributed by atoms with Crippen molar-refractivity contribution in [1.29, 1.82) is 0 Å². The lowest BCUT2D eigenvalue weighted by Crippen LogP contribution is -2.45. The number of aromatic nitrogens is 2. The maximum Gasteiger partial charge on any atom is 0.407 e. The Labute approximate surface area is 152 Å². The molecular formula is C19H24N4O3. The van der Waals surface area contributed by atoms with Gasteiger partial charge in [0.1, 0.15) is 5.82 Å². The van der Waals surface area contributed by atoms with Crippen molar-refractivity contribution in [3.05, 3.63) is 36.2 Å². The Morgan fingerprint density at radius 3 is 2.77 bits per heavy atom. The van der Waals surface area contributed by atoms with E-state index in [4.69, 9.17) is 4.74 Å². The number of aromatic amines is 1. The van der Waals surface area contributed by atoms with Crippen molar-refractivity contribution >= 4 is 17.7 Å². The van der Waals surface area contributed by atoms with Gasteiger partial charge in [-0.05, 0) is 51.0 Å². The third-order valence-electron chi connectivity index (χ3n) is 4.43. The summed E-state index contributed by atoms with van der Waals surface area (Å²) >= 11 is 0. The van der Waals surface area contributed by atoms with Crippen LogP contribution in [-0.2, 0) is 9.53 Å². The predicted molar refractivity (Wildman–Crippen MR) is 98.8 cm³/mol. The number of anilines is 1. The van der Waals surface area contributed by atoms with E-state index < -0.39 is 6.09 Å². The number of nitrogens with one attached hydrogen (secondary N) is 2. The molecule has 2 N–H and O–H groups in total. The van der Waals surface area contributed by atoms with Gasteiger partial charge in [-0.2, -0.15) is 0 Å². The highest BCUT2D eigenvalue weighted by Crippen LogP contribution is 2.39. The smallest absolute Gasteiger partial charge is 0.407 e. The summed E-state index contributed by atoms with van der Waals surface area (Å²) in [6.45, 7) is 7.15. The first-order valence-corrected chi connectivity index (χ1v) is 8.77. The Kier molecular flexibility index (Phi) is 4.97. The highest BCUT2D eigenvalue weighted by atomic mass is 16.6. The average Bonchev–Trinajstić information content (AvgIpc) is 3.07. The number of hydrogen-bond donors (Lipinski definition) is 2. The summed E-state index contributed by atoms with van der Waals surface area (Å²) in [6.07, 6.45) is 3.41. The molecule has 2 heterocycles. The topological polar surface area (TPSA) is 87.3 Å². The number of nitrogens with zero attached hydrogens (tertiary/aromatic N) is 2. The summed E-state index contributed by atoms with van der Waals surface area (Å²) in [5.41, 5.74) is 2.59. The van der Waals surface area contributed by atoms with Gasteiger partial charge >= 0.3 is 6.09 Å². The van der Waals surface area contributed by atoms with Crippen molar-refractivity contribution in [2.75, 3.05) is 4.90 Å². The molecule has 1 aromatic carbocycles. The standard InChI is InChI=1S/C19H24N4O3/c1-11(2)26-19(25)22-16-9-12(3)23(13(4)24)17-6-5-14(10-15(16)17)18-20-7-8-21-18/h5-8,10-12,16H,9H2,1-4H3,(H,20,21)(H,22,25)/t12-,16+/m0/s1. The summed E-state index contributed by atoms with van der Waals surface area (Å²) in [4.78, 5) is 33.4. The van der Waals surface area contributed by atoms with Crippen LogP contribution in [0.5, 0.6) is 0 Å². The van der Waals surface area contributed by atoms with Crippen LogP contribution in [-0.4, -0.2) is 34.1 Å². The molecule has 7 heteroatoms. The van der Waals surface area contributed by atoms with Crippen LogP contribution >= 0.6 is 0 Å². The third kappa shape index (κ3) is 3.56. The summed E-state index contributed by atoms with van der Waals surface area (Å²) in [5.74, 6) is 0.719. The fourth-order valence-corrected chi connectivity index (χ4v) is 3.44. The van der Waals surface area contributed by atoms with Crippen molar-refractivity contribution in [2.24, 2.45) is 0 Å². The van der Waals surface area contributed by atoms with Crippen LogP contribution in [0.3, 0.4) is 0 Å². The van der Waals surface area contributed by atoms with E-state index in [-0.39, 0.29) is 24.1 Å². The van der Waals surface area contributed by atoms with Crippen LogP contribution in [0.15, 0.2) is 30.6 Å². The molecule has 26 heavy (non-hydrogen) atoms. The van der Waals surface area contributed by atoms with Crippen molar-refractivity contribution in [1.82, 2.24) is 15.3 Å². The molecule has 0 spiro atoms. The maximum absolute atomic E-state index is 12.2. The second-order valence-corrected chi connectivity index (χ2v) is 6.84. The van der Waals surface area contributed by atoms with Crippen molar-refractivity contribution < 1.29 is 14.3 Å². The minimum Gasteiger partial charge on any atom is -0.447 e. The summed E-state index contributed by atoms with van der Waals surface area (Å²) in [6, 6.07) is 5.54. The minimum absolute atomic E-state index is 0.0206. The monoisotopic (exact) mass is 356 g/mol. The maximum atomic E-state index is 12.2. The fraction of sp³-hybridized carbons (Fsp3) is 0.421. The summed E-state index contributed by atoms with van der Waals surface area (Å²) in [7, 11) is 0. The Morgan fingerprint density at radius 1 is 1.38 bits per heavy atom. The number of fused-ring (bicyclic) bond motifs is 1. The SMILES string of the molecule is CC(=O)N1c2ccc(-c3ncc[nH]3)cc2[C@H](NC(=O)OC(C)C)C[C@@H]1C. The number of carbonyl (C=O) groups excluding carboxylic acids is 2. The van der Waals surface area contributed by atoms with E-state index >= 15 is 0 Å². The molecule has 0 unspecified atom stereocenters. The second kappa shape index (κ2) is 7.19. The highest BCUT2D eigenvalue weighted by molar-refractivity contribution is 5.94. The molecule has 1 aromatic heterocycles. The molecule has 1 aliphatic rings. The third-order valence-corrected chi connectivity index (χ3v) is 4.43. The van der Waals surface area contributed by atoms with E-state index in [0.717, 1.165) is 22.6 Å². The number of benzene rings is 1. The van der Waals surface area contributed by atoms with Crippen molar-refractivity contribution in [2.45, 2.75) is 52.3 Å². The number of hydrogen-bond acceptors (Lipinski definition) is 4. The largest absolute Gasteiger partial charge is 0.447 e. The fourth-order valence-electron chi connectivity index (χ4n) is 3.44. The molecule has 0 fully saturated rings. The molecule has 3 rings (SSSR count).